The van der Waals surface area contributed by atoms with Gasteiger partial charge in [0.05, 0.1) is 6.04 Å². The Kier molecular flexibility index (Phi) is 7.24. The molecular formula is C25H33N3O. The first-order chi connectivity index (χ1) is 13.9. The van der Waals surface area contributed by atoms with Crippen molar-refractivity contribution in [1.82, 2.24) is 9.80 Å². The topological polar surface area (TPSA) is 35.6 Å². The molecule has 0 radical (unpaired) electrons. The van der Waals surface area contributed by atoms with Crippen LogP contribution in [-0.4, -0.2) is 54.5 Å². The molecule has 1 fully saturated rings. The summed E-state index contributed by atoms with van der Waals surface area (Å²) in [7, 11) is 0. The molecule has 2 aromatic carbocycles. The number of hydrogen-bond acceptors (Lipinski definition) is 3. The van der Waals surface area contributed by atoms with Gasteiger partial charge in [-0.05, 0) is 44.4 Å². The van der Waals surface area contributed by atoms with Gasteiger partial charge in [0.2, 0.25) is 5.91 Å². The van der Waals surface area contributed by atoms with E-state index in [1.165, 1.54) is 11.1 Å². The fourth-order valence-electron chi connectivity index (χ4n) is 4.01. The average Bonchev–Trinajstić information content (AvgIpc) is 2.71. The summed E-state index contributed by atoms with van der Waals surface area (Å²) in [5.74, 6) is 0.0810. The molecule has 4 heteroatoms. The summed E-state index contributed by atoms with van der Waals surface area (Å²) in [5, 5.41) is 3.16. The molecule has 1 aliphatic rings. The minimum absolute atomic E-state index is 0.0810. The quantitative estimate of drug-likeness (QED) is 0.799. The Morgan fingerprint density at radius 3 is 2.28 bits per heavy atom. The van der Waals surface area contributed by atoms with Crippen molar-refractivity contribution >= 4 is 17.7 Å². The summed E-state index contributed by atoms with van der Waals surface area (Å²) >= 11 is 0. The first-order valence-electron chi connectivity index (χ1n) is 10.5. The summed E-state index contributed by atoms with van der Waals surface area (Å²) in [4.78, 5) is 17.6. The Morgan fingerprint density at radius 1 is 1.03 bits per heavy atom. The van der Waals surface area contributed by atoms with Crippen LogP contribution in [-0.2, 0) is 4.79 Å². The van der Waals surface area contributed by atoms with Crippen LogP contribution >= 0.6 is 0 Å². The Morgan fingerprint density at radius 2 is 1.66 bits per heavy atom. The minimum Gasteiger partial charge on any atom is -0.324 e. The predicted octanol–water partition coefficient (Wildman–Crippen LogP) is 4.27. The van der Waals surface area contributed by atoms with Gasteiger partial charge >= 0.3 is 0 Å². The molecule has 0 spiro atoms. The number of aryl methyl sites for hydroxylation is 3. The van der Waals surface area contributed by atoms with Gasteiger partial charge < -0.3 is 5.32 Å². The molecule has 1 amide bonds. The van der Waals surface area contributed by atoms with E-state index in [4.69, 9.17) is 0 Å². The lowest BCUT2D eigenvalue weighted by Gasteiger charge is -2.37. The number of piperazine rings is 1. The van der Waals surface area contributed by atoms with Crippen LogP contribution in [0.3, 0.4) is 0 Å². The van der Waals surface area contributed by atoms with Crippen molar-refractivity contribution in [3.63, 3.8) is 0 Å². The van der Waals surface area contributed by atoms with Crippen molar-refractivity contribution < 1.29 is 4.79 Å². The third kappa shape index (κ3) is 5.78. The molecule has 154 valence electrons. The van der Waals surface area contributed by atoms with Crippen molar-refractivity contribution in [3.05, 3.63) is 70.8 Å². The van der Waals surface area contributed by atoms with E-state index in [1.807, 2.05) is 13.0 Å². The zero-order chi connectivity index (χ0) is 20.8. The van der Waals surface area contributed by atoms with E-state index < -0.39 is 0 Å². The highest BCUT2D eigenvalue weighted by molar-refractivity contribution is 5.96. The molecule has 0 aliphatic carbocycles. The van der Waals surface area contributed by atoms with Crippen LogP contribution in [0.4, 0.5) is 5.69 Å². The first-order valence-corrected chi connectivity index (χ1v) is 10.5. The molecule has 0 aromatic heterocycles. The van der Waals surface area contributed by atoms with E-state index >= 15 is 0 Å². The summed E-state index contributed by atoms with van der Waals surface area (Å²) in [5.41, 5.74) is 5.66. The monoisotopic (exact) mass is 391 g/mol. The van der Waals surface area contributed by atoms with Crippen LogP contribution in [0.15, 0.2) is 48.5 Å². The van der Waals surface area contributed by atoms with Crippen LogP contribution in [0, 0.1) is 20.8 Å². The van der Waals surface area contributed by atoms with E-state index in [2.05, 4.69) is 84.4 Å². The highest BCUT2D eigenvalue weighted by atomic mass is 16.2. The Balaban J connectivity index is 1.49. The number of benzene rings is 2. The summed E-state index contributed by atoms with van der Waals surface area (Å²) in [6.45, 7) is 13.0. The predicted molar refractivity (Wildman–Crippen MR) is 122 cm³/mol. The van der Waals surface area contributed by atoms with Crippen molar-refractivity contribution in [2.24, 2.45) is 0 Å². The molecule has 0 bridgehead atoms. The van der Waals surface area contributed by atoms with E-state index in [0.717, 1.165) is 49.5 Å². The minimum atomic E-state index is -0.128. The maximum Gasteiger partial charge on any atom is 0.241 e. The van der Waals surface area contributed by atoms with E-state index in [9.17, 15) is 4.79 Å². The van der Waals surface area contributed by atoms with Gasteiger partial charge in [-0.1, -0.05) is 60.2 Å². The largest absolute Gasteiger partial charge is 0.324 e. The van der Waals surface area contributed by atoms with E-state index in [1.54, 1.807) is 0 Å². The molecule has 1 N–H and O–H groups in total. The summed E-state index contributed by atoms with van der Waals surface area (Å²) in [6, 6.07) is 14.5. The lowest BCUT2D eigenvalue weighted by Crippen LogP contribution is -2.52. The number of nitrogens with zero attached hydrogens (tertiary/aromatic N) is 2. The molecule has 4 nitrogen and oxygen atoms in total. The van der Waals surface area contributed by atoms with Gasteiger partial charge in [0, 0.05) is 38.4 Å². The van der Waals surface area contributed by atoms with Gasteiger partial charge in [-0.2, -0.15) is 0 Å². The second-order valence-corrected chi connectivity index (χ2v) is 8.09. The number of rotatable bonds is 6. The highest BCUT2D eigenvalue weighted by Crippen LogP contribution is 2.22. The van der Waals surface area contributed by atoms with Crippen molar-refractivity contribution in [3.8, 4) is 0 Å². The third-order valence-electron chi connectivity index (χ3n) is 5.73. The molecule has 3 rings (SSSR count). The van der Waals surface area contributed by atoms with Crippen LogP contribution < -0.4 is 5.32 Å². The maximum atomic E-state index is 12.8. The molecule has 29 heavy (non-hydrogen) atoms. The molecule has 0 unspecified atom stereocenters. The number of carbonyl (C=O) groups is 1. The summed E-state index contributed by atoms with van der Waals surface area (Å²) < 4.78 is 0. The number of anilines is 1. The van der Waals surface area contributed by atoms with Crippen LogP contribution in [0.2, 0.25) is 0 Å². The van der Waals surface area contributed by atoms with Crippen molar-refractivity contribution in [1.29, 1.82) is 0 Å². The van der Waals surface area contributed by atoms with Gasteiger partial charge in [-0.3, -0.25) is 14.6 Å². The van der Waals surface area contributed by atoms with Crippen LogP contribution in [0.5, 0.6) is 0 Å². The second kappa shape index (κ2) is 9.86. The van der Waals surface area contributed by atoms with Gasteiger partial charge in [-0.15, -0.1) is 0 Å². The maximum absolute atomic E-state index is 12.8. The third-order valence-corrected chi connectivity index (χ3v) is 5.73. The lowest BCUT2D eigenvalue weighted by molar-refractivity contribution is -0.121. The molecule has 1 atom stereocenters. The fraction of sp³-hybridized carbons (Fsp3) is 0.400. The number of hydrogen-bond donors (Lipinski definition) is 1. The zero-order valence-electron chi connectivity index (χ0n) is 18.1. The Labute approximate surface area is 175 Å². The normalized spacial score (nSPS) is 16.8. The first kappa shape index (κ1) is 21.3. The molecule has 2 aromatic rings. The van der Waals surface area contributed by atoms with Crippen LogP contribution in [0.1, 0.15) is 29.2 Å². The second-order valence-electron chi connectivity index (χ2n) is 8.09. The smallest absolute Gasteiger partial charge is 0.241 e. The number of carbonyl (C=O) groups excluding carboxylic acids is 1. The standard InChI is InChI=1S/C25H33N3O/c1-19-17-20(2)24(21(3)18-19)26-25(29)22(4)28-15-13-27(14-16-28)12-8-11-23-9-6-5-7-10-23/h5-11,17-18,22H,12-16H2,1-4H3,(H,26,29)/b11-8+/t22-/m0/s1. The molecule has 0 saturated carbocycles. The van der Waals surface area contributed by atoms with E-state index in [0.29, 0.717) is 0 Å². The lowest BCUT2D eigenvalue weighted by atomic mass is 10.0. The highest BCUT2D eigenvalue weighted by Gasteiger charge is 2.25. The number of amides is 1. The van der Waals surface area contributed by atoms with Gasteiger partial charge in [-0.25, -0.2) is 0 Å². The molecule has 1 aliphatic heterocycles. The average molecular weight is 392 g/mol. The molecule has 1 heterocycles. The van der Waals surface area contributed by atoms with Gasteiger partial charge in [0.1, 0.15) is 0 Å². The SMILES string of the molecule is Cc1cc(C)c(NC(=O)[C@H](C)N2CCN(C/C=C/c3ccccc3)CC2)c(C)c1. The number of nitrogens with one attached hydrogen (secondary N) is 1. The van der Waals surface area contributed by atoms with Gasteiger partial charge in [0.15, 0.2) is 0 Å². The molecule has 1 saturated heterocycles. The Bertz CT molecular complexity index is 829. The summed E-state index contributed by atoms with van der Waals surface area (Å²) in [6.07, 6.45) is 4.40. The Hall–Kier alpha value is -2.43. The molecular weight excluding hydrogens is 358 g/mol. The van der Waals surface area contributed by atoms with Gasteiger partial charge in [0.25, 0.3) is 0 Å². The fourth-order valence-corrected chi connectivity index (χ4v) is 4.01. The van der Waals surface area contributed by atoms with Crippen LogP contribution in [0.25, 0.3) is 6.08 Å². The van der Waals surface area contributed by atoms with Crippen molar-refractivity contribution in [2.75, 3.05) is 38.0 Å². The van der Waals surface area contributed by atoms with E-state index in [-0.39, 0.29) is 11.9 Å². The zero-order valence-corrected chi connectivity index (χ0v) is 18.1. The van der Waals surface area contributed by atoms with Crippen molar-refractivity contribution in [2.45, 2.75) is 33.7 Å².